The van der Waals surface area contributed by atoms with Gasteiger partial charge in [0.05, 0.1) is 0 Å². The molecule has 1 aromatic carbocycles. The molecular formula is C24H40N4O2+2. The lowest BCUT2D eigenvalue weighted by molar-refractivity contribution is -1.01. The maximum absolute atomic E-state index is 13.0. The Balaban J connectivity index is 1.47. The molecule has 2 fully saturated rings. The molecule has 0 aromatic heterocycles. The molecular weight excluding hydrogens is 376 g/mol. The number of nitrogens with zero attached hydrogens (tertiary/aromatic N) is 1. The molecule has 0 aliphatic carbocycles. The highest BCUT2D eigenvalue weighted by atomic mass is 16.2. The first-order valence-electron chi connectivity index (χ1n) is 11.6. The van der Waals surface area contributed by atoms with Crippen LogP contribution in [-0.4, -0.2) is 68.6 Å². The Hall–Kier alpha value is -1.92. The molecule has 0 unspecified atom stereocenters. The van der Waals surface area contributed by atoms with Crippen molar-refractivity contribution >= 4 is 17.5 Å². The van der Waals surface area contributed by atoms with Gasteiger partial charge >= 0.3 is 0 Å². The number of amides is 2. The van der Waals surface area contributed by atoms with Crippen molar-refractivity contribution < 1.29 is 19.4 Å². The number of benzene rings is 1. The van der Waals surface area contributed by atoms with Crippen LogP contribution in [0, 0.1) is 25.7 Å². The number of nitrogens with one attached hydrogen (secondary N) is 3. The summed E-state index contributed by atoms with van der Waals surface area (Å²) in [6, 6.07) is 6.08. The second kappa shape index (κ2) is 9.92. The lowest BCUT2D eigenvalue weighted by Crippen LogP contribution is -3.30. The number of rotatable bonds is 5. The van der Waals surface area contributed by atoms with Gasteiger partial charge in [0, 0.05) is 18.8 Å². The SMILES string of the molecule is Cc1cccc(C)c1NC(=O)C[NH+]1CC[NH+]([C@@H](C)C(=O)N2C[C@@H](C)C[C@H](C)C2)CC1. The quantitative estimate of drug-likeness (QED) is 0.629. The summed E-state index contributed by atoms with van der Waals surface area (Å²) in [5, 5.41) is 3.10. The maximum Gasteiger partial charge on any atom is 0.280 e. The highest BCUT2D eigenvalue weighted by Crippen LogP contribution is 2.21. The first-order chi connectivity index (χ1) is 14.2. The van der Waals surface area contributed by atoms with Crippen molar-refractivity contribution in [3.63, 3.8) is 0 Å². The third-order valence-electron chi connectivity index (χ3n) is 6.92. The smallest absolute Gasteiger partial charge is 0.280 e. The Bertz CT molecular complexity index is 727. The van der Waals surface area contributed by atoms with E-state index < -0.39 is 0 Å². The van der Waals surface area contributed by atoms with Gasteiger partial charge in [0.2, 0.25) is 0 Å². The highest BCUT2D eigenvalue weighted by molar-refractivity contribution is 5.93. The predicted octanol–water partition coefficient (Wildman–Crippen LogP) is -0.0817. The van der Waals surface area contributed by atoms with Gasteiger partial charge in [0.15, 0.2) is 12.6 Å². The van der Waals surface area contributed by atoms with E-state index in [1.807, 2.05) is 32.0 Å². The molecule has 1 aromatic rings. The van der Waals surface area contributed by atoms with Gasteiger partial charge in [-0.05, 0) is 50.2 Å². The van der Waals surface area contributed by atoms with Gasteiger partial charge in [-0.15, -0.1) is 0 Å². The number of likely N-dealkylation sites (tertiary alicyclic amines) is 1. The third kappa shape index (κ3) is 5.61. The fraction of sp³-hybridized carbons (Fsp3) is 0.667. The van der Waals surface area contributed by atoms with Gasteiger partial charge in [0.1, 0.15) is 26.2 Å². The lowest BCUT2D eigenvalue weighted by atomic mass is 9.91. The molecule has 30 heavy (non-hydrogen) atoms. The number of hydrogen-bond donors (Lipinski definition) is 3. The van der Waals surface area contributed by atoms with Gasteiger partial charge in [-0.1, -0.05) is 32.0 Å². The van der Waals surface area contributed by atoms with Crippen molar-refractivity contribution in [1.82, 2.24) is 4.90 Å². The van der Waals surface area contributed by atoms with E-state index in [0.29, 0.717) is 24.3 Å². The Morgan fingerprint density at radius 3 is 2.20 bits per heavy atom. The monoisotopic (exact) mass is 416 g/mol. The minimum Gasteiger partial charge on any atom is -0.337 e. The first kappa shape index (κ1) is 22.8. The van der Waals surface area contributed by atoms with Crippen molar-refractivity contribution in [3.8, 4) is 0 Å². The average molecular weight is 417 g/mol. The molecule has 6 nitrogen and oxygen atoms in total. The zero-order chi connectivity index (χ0) is 21.8. The van der Waals surface area contributed by atoms with E-state index in [-0.39, 0.29) is 11.9 Å². The van der Waals surface area contributed by atoms with E-state index in [2.05, 4.69) is 31.0 Å². The molecule has 6 heteroatoms. The average Bonchev–Trinajstić information content (AvgIpc) is 2.69. The van der Waals surface area contributed by atoms with E-state index in [9.17, 15) is 9.59 Å². The lowest BCUT2D eigenvalue weighted by Gasteiger charge is -2.38. The molecule has 3 N–H and O–H groups in total. The zero-order valence-electron chi connectivity index (χ0n) is 19.4. The number of carbonyl (C=O) groups excluding carboxylic acids is 2. The molecule has 2 aliphatic heterocycles. The van der Waals surface area contributed by atoms with Crippen LogP contribution in [0.2, 0.25) is 0 Å². The number of aryl methyl sites for hydroxylation is 2. The van der Waals surface area contributed by atoms with E-state index >= 15 is 0 Å². The van der Waals surface area contributed by atoms with Crippen molar-refractivity contribution in [2.75, 3.05) is 51.1 Å². The molecule has 0 radical (unpaired) electrons. The van der Waals surface area contributed by atoms with E-state index in [4.69, 9.17) is 0 Å². The summed E-state index contributed by atoms with van der Waals surface area (Å²) < 4.78 is 0. The van der Waals surface area contributed by atoms with Gasteiger partial charge in [0.25, 0.3) is 11.8 Å². The molecule has 2 heterocycles. The van der Waals surface area contributed by atoms with Gasteiger partial charge in [-0.2, -0.15) is 0 Å². The summed E-state index contributed by atoms with van der Waals surface area (Å²) in [5.74, 6) is 1.57. The molecule has 0 spiro atoms. The number of quaternary nitrogens is 2. The molecule has 2 aliphatic rings. The van der Waals surface area contributed by atoms with Crippen LogP contribution >= 0.6 is 0 Å². The van der Waals surface area contributed by atoms with Crippen LogP contribution in [0.1, 0.15) is 38.3 Å². The number of hydrogen-bond acceptors (Lipinski definition) is 2. The van der Waals surface area contributed by atoms with Crippen LogP contribution in [0.3, 0.4) is 0 Å². The number of anilines is 1. The Labute approximate surface area is 181 Å². The Kier molecular flexibility index (Phi) is 7.53. The summed E-state index contributed by atoms with van der Waals surface area (Å²) >= 11 is 0. The minimum atomic E-state index is 0.00694. The zero-order valence-corrected chi connectivity index (χ0v) is 19.4. The molecule has 2 saturated heterocycles. The van der Waals surface area contributed by atoms with Crippen LogP contribution < -0.4 is 15.1 Å². The summed E-state index contributed by atoms with van der Waals surface area (Å²) in [6.07, 6.45) is 1.22. The van der Waals surface area contributed by atoms with Gasteiger partial charge < -0.3 is 20.0 Å². The Morgan fingerprint density at radius 2 is 1.63 bits per heavy atom. The van der Waals surface area contributed by atoms with Crippen LogP contribution in [0.5, 0.6) is 0 Å². The number of carbonyl (C=O) groups is 2. The molecule has 3 rings (SSSR count). The van der Waals surface area contributed by atoms with Crippen LogP contribution in [-0.2, 0) is 9.59 Å². The second-order valence-corrected chi connectivity index (χ2v) is 9.81. The van der Waals surface area contributed by atoms with E-state index in [1.165, 1.54) is 16.2 Å². The predicted molar refractivity (Wildman–Crippen MR) is 120 cm³/mol. The highest BCUT2D eigenvalue weighted by Gasteiger charge is 2.36. The standard InChI is InChI=1S/C24H38N4O2/c1-17-13-18(2)15-28(14-17)24(30)21(5)27-11-9-26(10-12-27)16-22(29)25-23-19(3)7-6-8-20(23)4/h6-8,17-18,21H,9-16H2,1-5H3,(H,25,29)/p+2/t17-,18-,21-/m0/s1. The van der Waals surface area contributed by atoms with Crippen LogP contribution in [0.25, 0.3) is 0 Å². The molecule has 3 atom stereocenters. The van der Waals surface area contributed by atoms with E-state index in [0.717, 1.165) is 56.1 Å². The minimum absolute atomic E-state index is 0.00694. The van der Waals surface area contributed by atoms with E-state index in [1.54, 1.807) is 0 Å². The van der Waals surface area contributed by atoms with Gasteiger partial charge in [-0.3, -0.25) is 9.59 Å². The fourth-order valence-corrected chi connectivity index (χ4v) is 5.25. The summed E-state index contributed by atoms with van der Waals surface area (Å²) in [4.78, 5) is 30.4. The summed E-state index contributed by atoms with van der Waals surface area (Å²) in [6.45, 7) is 16.7. The topological polar surface area (TPSA) is 58.3 Å². The van der Waals surface area contributed by atoms with Crippen molar-refractivity contribution in [2.45, 2.75) is 47.1 Å². The first-order valence-corrected chi connectivity index (χ1v) is 11.6. The van der Waals surface area contributed by atoms with Crippen LogP contribution in [0.15, 0.2) is 18.2 Å². The molecule has 0 bridgehead atoms. The number of piperazine rings is 1. The summed E-state index contributed by atoms with van der Waals surface area (Å²) in [7, 11) is 0. The number of para-hydroxylation sites is 1. The third-order valence-corrected chi connectivity index (χ3v) is 6.92. The normalized spacial score (nSPS) is 28.1. The molecule has 2 amide bonds. The summed E-state index contributed by atoms with van der Waals surface area (Å²) in [5.41, 5.74) is 3.14. The second-order valence-electron chi connectivity index (χ2n) is 9.81. The Morgan fingerprint density at radius 1 is 1.07 bits per heavy atom. The molecule has 166 valence electrons. The van der Waals surface area contributed by atoms with Crippen LogP contribution in [0.4, 0.5) is 5.69 Å². The molecule has 0 saturated carbocycles. The van der Waals surface area contributed by atoms with Crippen molar-refractivity contribution in [1.29, 1.82) is 0 Å². The van der Waals surface area contributed by atoms with Crippen molar-refractivity contribution in [3.05, 3.63) is 29.3 Å². The van der Waals surface area contributed by atoms with Crippen molar-refractivity contribution in [2.24, 2.45) is 11.8 Å². The number of piperidine rings is 1. The largest absolute Gasteiger partial charge is 0.337 e. The van der Waals surface area contributed by atoms with Gasteiger partial charge in [-0.25, -0.2) is 0 Å². The maximum atomic E-state index is 13.0. The fourth-order valence-electron chi connectivity index (χ4n) is 5.25.